The molecule has 0 aliphatic carbocycles. The van der Waals surface area contributed by atoms with E-state index in [1.54, 1.807) is 7.11 Å². The van der Waals surface area contributed by atoms with E-state index >= 15 is 0 Å². The molecule has 1 aliphatic heterocycles. The van der Waals surface area contributed by atoms with Gasteiger partial charge in [0.15, 0.2) is 0 Å². The number of methoxy groups -OCH3 is 1. The second-order valence-corrected chi connectivity index (χ2v) is 8.30. The summed E-state index contributed by atoms with van der Waals surface area (Å²) in [6.07, 6.45) is 4.49. The zero-order valence-corrected chi connectivity index (χ0v) is 20.5. The van der Waals surface area contributed by atoms with Crippen LogP contribution in [0.5, 0.6) is 17.4 Å². The van der Waals surface area contributed by atoms with E-state index < -0.39 is 17.7 Å². The molecule has 4 rings (SSSR count). The third-order valence-corrected chi connectivity index (χ3v) is 5.93. The standard InChI is InChI=1S/C26H29N5O6/c1-3-16-36-22-10-6-20(7-11-22)29-12-14-30(15-13-29)26(34)37-31-24(32)23(28-25(31)33)18-27-17-19-4-8-21(35-2)9-5-19/h1,4-11,27,32H,12-18H2,2H3,(H,28,33). The largest absolute Gasteiger partial charge is 0.497 e. The fraction of sp³-hybridized carbons (Fsp3) is 0.308. The number of rotatable bonds is 9. The summed E-state index contributed by atoms with van der Waals surface area (Å²) in [5, 5.41) is 13.6. The number of piperazine rings is 1. The van der Waals surface area contributed by atoms with Crippen molar-refractivity contribution in [3.05, 3.63) is 70.3 Å². The molecule has 0 unspecified atom stereocenters. The molecule has 0 bridgehead atoms. The number of aromatic nitrogens is 2. The molecule has 1 fully saturated rings. The molecule has 1 amide bonds. The molecule has 1 saturated heterocycles. The zero-order chi connectivity index (χ0) is 26.2. The van der Waals surface area contributed by atoms with Crippen LogP contribution in [0.25, 0.3) is 0 Å². The Labute approximate surface area is 214 Å². The van der Waals surface area contributed by atoms with Crippen molar-refractivity contribution in [1.29, 1.82) is 0 Å². The van der Waals surface area contributed by atoms with Gasteiger partial charge in [0.05, 0.1) is 12.8 Å². The Morgan fingerprint density at radius 2 is 1.73 bits per heavy atom. The summed E-state index contributed by atoms with van der Waals surface area (Å²) in [6.45, 7) is 2.82. The van der Waals surface area contributed by atoms with E-state index in [4.69, 9.17) is 20.7 Å². The van der Waals surface area contributed by atoms with Crippen molar-refractivity contribution in [1.82, 2.24) is 19.9 Å². The van der Waals surface area contributed by atoms with E-state index in [2.05, 4.69) is 21.1 Å². The molecule has 2 heterocycles. The smallest absolute Gasteiger partial charge is 0.434 e. The molecular weight excluding hydrogens is 478 g/mol. The molecule has 194 valence electrons. The number of imidazole rings is 1. The average Bonchev–Trinajstić information content (AvgIpc) is 3.20. The second-order valence-electron chi connectivity index (χ2n) is 8.30. The maximum atomic E-state index is 12.7. The van der Waals surface area contributed by atoms with Crippen LogP contribution in [0.15, 0.2) is 53.3 Å². The maximum Gasteiger partial charge on any atom is 0.434 e. The third-order valence-electron chi connectivity index (χ3n) is 5.93. The van der Waals surface area contributed by atoms with Gasteiger partial charge < -0.3 is 39.5 Å². The van der Waals surface area contributed by atoms with E-state index in [1.807, 2.05) is 48.5 Å². The minimum absolute atomic E-state index is 0.170. The predicted octanol–water partition coefficient (Wildman–Crippen LogP) is 1.56. The fourth-order valence-corrected chi connectivity index (χ4v) is 3.90. The average molecular weight is 508 g/mol. The number of anilines is 1. The molecular formula is C26H29N5O6. The molecule has 2 aromatic carbocycles. The van der Waals surface area contributed by atoms with Crippen LogP contribution >= 0.6 is 0 Å². The number of carbonyl (C=O) groups is 1. The molecule has 0 atom stereocenters. The van der Waals surface area contributed by atoms with Crippen LogP contribution in [-0.4, -0.2) is 65.7 Å². The second kappa shape index (κ2) is 11.9. The highest BCUT2D eigenvalue weighted by Gasteiger charge is 2.25. The van der Waals surface area contributed by atoms with Crippen molar-refractivity contribution in [3.8, 4) is 29.7 Å². The van der Waals surface area contributed by atoms with Gasteiger partial charge in [-0.05, 0) is 42.0 Å². The first-order valence-electron chi connectivity index (χ1n) is 11.7. The van der Waals surface area contributed by atoms with Crippen LogP contribution in [0, 0.1) is 12.3 Å². The first-order valence-corrected chi connectivity index (χ1v) is 11.7. The van der Waals surface area contributed by atoms with Gasteiger partial charge in [0.25, 0.3) is 5.88 Å². The van der Waals surface area contributed by atoms with Crippen molar-refractivity contribution in [3.63, 3.8) is 0 Å². The van der Waals surface area contributed by atoms with Gasteiger partial charge in [-0.3, -0.25) is 0 Å². The predicted molar refractivity (Wildman–Crippen MR) is 137 cm³/mol. The first-order chi connectivity index (χ1) is 18.0. The summed E-state index contributed by atoms with van der Waals surface area (Å²) < 4.78 is 11.1. The van der Waals surface area contributed by atoms with Crippen molar-refractivity contribution in [2.45, 2.75) is 13.1 Å². The molecule has 0 radical (unpaired) electrons. The monoisotopic (exact) mass is 507 g/mol. The van der Waals surface area contributed by atoms with Gasteiger partial charge in [-0.25, -0.2) is 9.59 Å². The number of carbonyl (C=O) groups excluding carboxylic acids is 1. The van der Waals surface area contributed by atoms with E-state index in [1.165, 1.54) is 4.90 Å². The highest BCUT2D eigenvalue weighted by atomic mass is 16.7. The van der Waals surface area contributed by atoms with Crippen LogP contribution < -0.4 is 30.2 Å². The van der Waals surface area contributed by atoms with Gasteiger partial charge in [0.1, 0.15) is 18.1 Å². The number of amides is 1. The number of hydrogen-bond donors (Lipinski definition) is 3. The highest BCUT2D eigenvalue weighted by Crippen LogP contribution is 2.21. The van der Waals surface area contributed by atoms with Crippen LogP contribution in [0.4, 0.5) is 10.5 Å². The lowest BCUT2D eigenvalue weighted by atomic mass is 10.2. The number of nitrogens with zero attached hydrogens (tertiary/aromatic N) is 3. The third kappa shape index (κ3) is 6.36. The SMILES string of the molecule is C#CCOc1ccc(N2CCN(C(=O)On3c(O)c(CNCc4ccc(OC)cc4)[nH]c3=O)CC2)cc1. The van der Waals surface area contributed by atoms with Crippen LogP contribution in [0.1, 0.15) is 11.3 Å². The summed E-state index contributed by atoms with van der Waals surface area (Å²) in [5.41, 5.74) is 1.47. The Hall–Kier alpha value is -4.56. The minimum atomic E-state index is -0.738. The molecule has 0 spiro atoms. The molecule has 3 aromatic rings. The van der Waals surface area contributed by atoms with Gasteiger partial charge in [0.2, 0.25) is 0 Å². The number of H-pyrrole nitrogens is 1. The molecule has 1 aromatic heterocycles. The number of aromatic hydroxyl groups is 1. The molecule has 37 heavy (non-hydrogen) atoms. The minimum Gasteiger partial charge on any atom is -0.497 e. The summed E-state index contributed by atoms with van der Waals surface area (Å²) in [7, 11) is 1.60. The number of ether oxygens (including phenoxy) is 2. The van der Waals surface area contributed by atoms with Crippen molar-refractivity contribution < 1.29 is 24.2 Å². The van der Waals surface area contributed by atoms with Gasteiger partial charge in [-0.1, -0.05) is 22.8 Å². The fourth-order valence-electron chi connectivity index (χ4n) is 3.90. The molecule has 0 saturated carbocycles. The quantitative estimate of drug-likeness (QED) is 0.373. The normalized spacial score (nSPS) is 13.2. The Kier molecular flexibility index (Phi) is 8.22. The van der Waals surface area contributed by atoms with Gasteiger partial charge in [-0.2, -0.15) is 0 Å². The Morgan fingerprint density at radius 3 is 2.38 bits per heavy atom. The zero-order valence-electron chi connectivity index (χ0n) is 20.5. The van der Waals surface area contributed by atoms with Crippen molar-refractivity contribution in [2.75, 3.05) is 44.8 Å². The molecule has 3 N–H and O–H groups in total. The Bertz CT molecular complexity index is 1280. The summed E-state index contributed by atoms with van der Waals surface area (Å²) in [6, 6.07) is 15.1. The summed E-state index contributed by atoms with van der Waals surface area (Å²) in [4.78, 5) is 36.3. The Morgan fingerprint density at radius 1 is 1.05 bits per heavy atom. The topological polar surface area (TPSA) is 121 Å². The van der Waals surface area contributed by atoms with Crippen molar-refractivity contribution in [2.24, 2.45) is 0 Å². The van der Waals surface area contributed by atoms with Gasteiger partial charge >= 0.3 is 11.8 Å². The van der Waals surface area contributed by atoms with Crippen LogP contribution in [0.2, 0.25) is 0 Å². The van der Waals surface area contributed by atoms with Gasteiger partial charge in [-0.15, -0.1) is 6.42 Å². The number of nitrogens with one attached hydrogen (secondary N) is 2. The van der Waals surface area contributed by atoms with Crippen LogP contribution in [-0.2, 0) is 13.1 Å². The number of terminal acetylenes is 1. The number of hydrogen-bond acceptors (Lipinski definition) is 8. The van der Waals surface area contributed by atoms with E-state index in [-0.39, 0.29) is 18.8 Å². The molecule has 1 aliphatic rings. The van der Waals surface area contributed by atoms with Crippen LogP contribution in [0.3, 0.4) is 0 Å². The number of aromatic amines is 1. The maximum absolute atomic E-state index is 12.7. The lowest BCUT2D eigenvalue weighted by molar-refractivity contribution is 0.0779. The lowest BCUT2D eigenvalue weighted by Gasteiger charge is -2.35. The first kappa shape index (κ1) is 25.5. The Balaban J connectivity index is 1.27. The molecule has 11 nitrogen and oxygen atoms in total. The highest BCUT2D eigenvalue weighted by molar-refractivity contribution is 5.68. The van der Waals surface area contributed by atoms with Gasteiger partial charge in [0, 0.05) is 45.0 Å². The summed E-state index contributed by atoms with van der Waals surface area (Å²) in [5.74, 6) is 3.42. The summed E-state index contributed by atoms with van der Waals surface area (Å²) >= 11 is 0. The van der Waals surface area contributed by atoms with E-state index in [0.29, 0.717) is 43.2 Å². The lowest BCUT2D eigenvalue weighted by Crippen LogP contribution is -2.51. The molecule has 11 heteroatoms. The van der Waals surface area contributed by atoms with E-state index in [9.17, 15) is 14.7 Å². The van der Waals surface area contributed by atoms with E-state index in [0.717, 1.165) is 17.0 Å². The van der Waals surface area contributed by atoms with Crippen molar-refractivity contribution >= 4 is 11.8 Å². The number of benzene rings is 2.